The fraction of sp³-hybridized carbons (Fsp3) is 0.385. The van der Waals surface area contributed by atoms with Crippen LogP contribution in [0.2, 0.25) is 0 Å². The predicted octanol–water partition coefficient (Wildman–Crippen LogP) is 2.34. The van der Waals surface area contributed by atoms with Crippen LogP contribution in [0.1, 0.15) is 36.7 Å². The molecule has 0 atom stereocenters. The number of rotatable bonds is 3. The highest BCUT2D eigenvalue weighted by atomic mass is 16.1. The van der Waals surface area contributed by atoms with Crippen molar-refractivity contribution in [3.8, 4) is 0 Å². The second-order valence-corrected chi connectivity index (χ2v) is 4.37. The summed E-state index contributed by atoms with van der Waals surface area (Å²) in [7, 11) is 0. The van der Waals surface area contributed by atoms with E-state index in [1.165, 1.54) is 19.3 Å². The van der Waals surface area contributed by atoms with Crippen LogP contribution in [0, 0.1) is 0 Å². The predicted molar refractivity (Wildman–Crippen MR) is 61.6 cm³/mol. The molecule has 0 bridgehead atoms. The first-order chi connectivity index (χ1) is 7.90. The Hall–Kier alpha value is -1.64. The number of carbonyl (C=O) groups is 1. The Kier molecular flexibility index (Phi) is 2.24. The van der Waals surface area contributed by atoms with Crippen LogP contribution in [-0.4, -0.2) is 15.7 Å². The summed E-state index contributed by atoms with van der Waals surface area (Å²) < 4.78 is 2.14. The molecule has 1 fully saturated rings. The fourth-order valence-electron chi connectivity index (χ4n) is 2.31. The third-order valence-corrected chi connectivity index (χ3v) is 3.40. The summed E-state index contributed by atoms with van der Waals surface area (Å²) in [4.78, 5) is 15.3. The number of pyridine rings is 1. The van der Waals surface area contributed by atoms with Crippen LogP contribution in [0.15, 0.2) is 24.4 Å². The van der Waals surface area contributed by atoms with Gasteiger partial charge in [0.15, 0.2) is 0 Å². The van der Waals surface area contributed by atoms with E-state index in [2.05, 4.69) is 9.38 Å². The molecule has 3 nitrogen and oxygen atoms in total. The fourth-order valence-corrected chi connectivity index (χ4v) is 2.31. The van der Waals surface area contributed by atoms with Crippen molar-refractivity contribution in [1.82, 2.24) is 9.38 Å². The zero-order chi connectivity index (χ0) is 11.0. The maximum atomic E-state index is 10.6. The Morgan fingerprint density at radius 1 is 1.44 bits per heavy atom. The summed E-state index contributed by atoms with van der Waals surface area (Å²) in [5.74, 6) is 1.73. The standard InChI is InChI=1S/C13H14N2O/c16-9-7-11-12-6-1-2-8-15(12)13(14-11)10-4-3-5-10/h1-2,6,8-10H,3-5,7H2. The van der Waals surface area contributed by atoms with Crippen molar-refractivity contribution in [3.63, 3.8) is 0 Å². The average molecular weight is 214 g/mol. The smallest absolute Gasteiger partial charge is 0.126 e. The minimum atomic E-state index is 0.417. The molecule has 0 aliphatic heterocycles. The Labute approximate surface area is 94.1 Å². The molecule has 0 unspecified atom stereocenters. The Morgan fingerprint density at radius 3 is 3.00 bits per heavy atom. The average Bonchev–Trinajstić information content (AvgIpc) is 2.57. The Morgan fingerprint density at radius 2 is 2.31 bits per heavy atom. The Bertz CT molecular complexity index is 526. The maximum Gasteiger partial charge on any atom is 0.126 e. The largest absolute Gasteiger partial charge is 0.303 e. The lowest BCUT2D eigenvalue weighted by Crippen LogP contribution is -2.12. The number of carbonyl (C=O) groups excluding carboxylic acids is 1. The summed E-state index contributed by atoms with van der Waals surface area (Å²) >= 11 is 0. The van der Waals surface area contributed by atoms with Crippen LogP contribution >= 0.6 is 0 Å². The molecule has 0 aromatic carbocycles. The van der Waals surface area contributed by atoms with Gasteiger partial charge in [-0.25, -0.2) is 4.98 Å². The molecule has 2 heterocycles. The van der Waals surface area contributed by atoms with Gasteiger partial charge in [0, 0.05) is 18.5 Å². The molecular formula is C13H14N2O. The molecule has 3 heteroatoms. The van der Waals surface area contributed by atoms with E-state index in [4.69, 9.17) is 0 Å². The maximum absolute atomic E-state index is 10.6. The van der Waals surface area contributed by atoms with Crippen molar-refractivity contribution in [2.24, 2.45) is 0 Å². The highest BCUT2D eigenvalue weighted by Crippen LogP contribution is 2.36. The number of fused-ring (bicyclic) bond motifs is 1. The van der Waals surface area contributed by atoms with Crippen LogP contribution < -0.4 is 0 Å². The van der Waals surface area contributed by atoms with E-state index in [1.807, 2.05) is 24.4 Å². The van der Waals surface area contributed by atoms with Gasteiger partial charge < -0.3 is 9.20 Å². The van der Waals surface area contributed by atoms with Crippen molar-refractivity contribution in [2.45, 2.75) is 31.6 Å². The first kappa shape index (κ1) is 9.58. The number of nitrogens with zero attached hydrogens (tertiary/aromatic N) is 2. The van der Waals surface area contributed by atoms with Gasteiger partial charge >= 0.3 is 0 Å². The molecule has 2 aromatic heterocycles. The van der Waals surface area contributed by atoms with Gasteiger partial charge in [-0.1, -0.05) is 12.5 Å². The first-order valence-corrected chi connectivity index (χ1v) is 5.79. The van der Waals surface area contributed by atoms with Crippen molar-refractivity contribution < 1.29 is 4.79 Å². The second-order valence-electron chi connectivity index (χ2n) is 4.37. The normalized spacial score (nSPS) is 16.2. The number of imidazole rings is 1. The zero-order valence-electron chi connectivity index (χ0n) is 9.10. The van der Waals surface area contributed by atoms with Crippen LogP contribution in [0.5, 0.6) is 0 Å². The quantitative estimate of drug-likeness (QED) is 0.735. The summed E-state index contributed by atoms with van der Waals surface area (Å²) in [6.45, 7) is 0. The van der Waals surface area contributed by atoms with E-state index in [0.29, 0.717) is 12.3 Å². The van der Waals surface area contributed by atoms with Crippen LogP contribution in [0.4, 0.5) is 0 Å². The van der Waals surface area contributed by atoms with Gasteiger partial charge in [-0.2, -0.15) is 0 Å². The van der Waals surface area contributed by atoms with E-state index >= 15 is 0 Å². The third-order valence-electron chi connectivity index (χ3n) is 3.40. The molecule has 82 valence electrons. The third kappa shape index (κ3) is 1.35. The molecule has 0 spiro atoms. The molecule has 0 amide bonds. The number of aldehydes is 1. The molecule has 1 saturated carbocycles. The van der Waals surface area contributed by atoms with Gasteiger partial charge in [0.25, 0.3) is 0 Å². The van der Waals surface area contributed by atoms with Crippen LogP contribution in [0.25, 0.3) is 5.52 Å². The minimum Gasteiger partial charge on any atom is -0.303 e. The number of aromatic nitrogens is 2. The highest BCUT2D eigenvalue weighted by Gasteiger charge is 2.24. The van der Waals surface area contributed by atoms with Gasteiger partial charge in [0.05, 0.1) is 11.2 Å². The molecule has 0 saturated heterocycles. The summed E-state index contributed by atoms with van der Waals surface area (Å²) in [6, 6.07) is 6.05. The molecule has 2 aromatic rings. The molecule has 1 aliphatic carbocycles. The lowest BCUT2D eigenvalue weighted by atomic mass is 9.85. The minimum absolute atomic E-state index is 0.417. The van der Waals surface area contributed by atoms with Crippen LogP contribution in [0.3, 0.4) is 0 Å². The monoisotopic (exact) mass is 214 g/mol. The lowest BCUT2D eigenvalue weighted by molar-refractivity contribution is -0.107. The number of hydrogen-bond donors (Lipinski definition) is 0. The van der Waals surface area contributed by atoms with E-state index < -0.39 is 0 Å². The lowest BCUT2D eigenvalue weighted by Gasteiger charge is -2.23. The molecule has 16 heavy (non-hydrogen) atoms. The van der Waals surface area contributed by atoms with Gasteiger partial charge in [0.2, 0.25) is 0 Å². The van der Waals surface area contributed by atoms with Crippen molar-refractivity contribution in [3.05, 3.63) is 35.9 Å². The highest BCUT2D eigenvalue weighted by molar-refractivity contribution is 5.63. The van der Waals surface area contributed by atoms with E-state index in [0.717, 1.165) is 23.3 Å². The van der Waals surface area contributed by atoms with Gasteiger partial charge in [-0.05, 0) is 25.0 Å². The summed E-state index contributed by atoms with van der Waals surface area (Å²) in [5, 5.41) is 0. The molecule has 3 rings (SSSR count). The van der Waals surface area contributed by atoms with E-state index in [9.17, 15) is 4.79 Å². The van der Waals surface area contributed by atoms with Crippen molar-refractivity contribution in [2.75, 3.05) is 0 Å². The van der Waals surface area contributed by atoms with E-state index in [-0.39, 0.29) is 0 Å². The zero-order valence-corrected chi connectivity index (χ0v) is 9.10. The van der Waals surface area contributed by atoms with Crippen molar-refractivity contribution >= 4 is 11.8 Å². The first-order valence-electron chi connectivity index (χ1n) is 5.79. The summed E-state index contributed by atoms with van der Waals surface area (Å²) in [6.07, 6.45) is 7.16. The Balaban J connectivity index is 2.16. The van der Waals surface area contributed by atoms with E-state index in [1.54, 1.807) is 0 Å². The van der Waals surface area contributed by atoms with Crippen molar-refractivity contribution in [1.29, 1.82) is 0 Å². The van der Waals surface area contributed by atoms with Gasteiger partial charge in [-0.3, -0.25) is 0 Å². The molecule has 0 N–H and O–H groups in total. The molecule has 0 radical (unpaired) electrons. The van der Waals surface area contributed by atoms with Crippen LogP contribution in [-0.2, 0) is 11.2 Å². The van der Waals surface area contributed by atoms with Gasteiger partial charge in [0.1, 0.15) is 12.1 Å². The molecule has 1 aliphatic rings. The second kappa shape index (κ2) is 3.74. The number of hydrogen-bond acceptors (Lipinski definition) is 2. The summed E-state index contributed by atoms with van der Waals surface area (Å²) in [5.41, 5.74) is 1.99. The van der Waals surface area contributed by atoms with Gasteiger partial charge in [-0.15, -0.1) is 0 Å². The topological polar surface area (TPSA) is 34.4 Å². The molecular weight excluding hydrogens is 200 g/mol. The SMILES string of the molecule is O=CCc1nc(C2CCC2)n2ccccc12.